The Hall–Kier alpha value is -2.89. The van der Waals surface area contributed by atoms with Gasteiger partial charge in [0.05, 0.1) is 13.0 Å². The lowest BCUT2D eigenvalue weighted by molar-refractivity contribution is -0.140. The first-order chi connectivity index (χ1) is 11.1. The smallest absolute Gasteiger partial charge is 0.270 e. The standard InChI is InChI=1S/C17H17N3O3/c1-19(16(22)13-8-5-9-18-13)14-10-15(21)20(17(14)23)11-12-6-3-2-4-7-12/h2-9,14,18H,10-11H2,1H3/t14-/m0/s1. The number of H-pyrrole nitrogens is 1. The van der Waals surface area contributed by atoms with Crippen molar-refractivity contribution in [2.24, 2.45) is 0 Å². The summed E-state index contributed by atoms with van der Waals surface area (Å²) in [5, 5.41) is 0. The number of aromatic amines is 1. The number of hydrogen-bond donors (Lipinski definition) is 1. The SMILES string of the molecule is CN(C(=O)c1ccc[nH]1)[C@H]1CC(=O)N(Cc2ccccc2)C1=O. The molecule has 118 valence electrons. The number of benzene rings is 1. The van der Waals surface area contributed by atoms with Gasteiger partial charge in [-0.15, -0.1) is 0 Å². The van der Waals surface area contributed by atoms with Gasteiger partial charge < -0.3 is 9.88 Å². The number of amides is 3. The van der Waals surface area contributed by atoms with Crippen LogP contribution in [0.4, 0.5) is 0 Å². The van der Waals surface area contributed by atoms with Gasteiger partial charge >= 0.3 is 0 Å². The van der Waals surface area contributed by atoms with Crippen molar-refractivity contribution in [1.82, 2.24) is 14.8 Å². The summed E-state index contributed by atoms with van der Waals surface area (Å²) >= 11 is 0. The van der Waals surface area contributed by atoms with Gasteiger partial charge in [0, 0.05) is 13.2 Å². The molecule has 1 aromatic heterocycles. The number of carbonyl (C=O) groups excluding carboxylic acids is 3. The lowest BCUT2D eigenvalue weighted by Gasteiger charge is -2.22. The fraction of sp³-hybridized carbons (Fsp3) is 0.235. The maximum atomic E-state index is 12.5. The Kier molecular flexibility index (Phi) is 3.97. The molecule has 1 saturated heterocycles. The number of rotatable bonds is 4. The molecule has 3 amide bonds. The van der Waals surface area contributed by atoms with Gasteiger partial charge in [0.15, 0.2) is 0 Å². The third-order valence-corrected chi connectivity index (χ3v) is 4.02. The first-order valence-corrected chi connectivity index (χ1v) is 7.36. The minimum atomic E-state index is -0.748. The van der Waals surface area contributed by atoms with Gasteiger partial charge in [0.25, 0.3) is 11.8 Å². The monoisotopic (exact) mass is 311 g/mol. The highest BCUT2D eigenvalue weighted by Crippen LogP contribution is 2.21. The molecule has 0 unspecified atom stereocenters. The van der Waals surface area contributed by atoms with Gasteiger partial charge in [-0.2, -0.15) is 0 Å². The first kappa shape index (κ1) is 15.0. The molecule has 0 bridgehead atoms. The predicted octanol–water partition coefficient (Wildman–Crippen LogP) is 1.41. The normalized spacial score (nSPS) is 17.6. The van der Waals surface area contributed by atoms with E-state index in [1.165, 1.54) is 9.80 Å². The zero-order valence-electron chi connectivity index (χ0n) is 12.7. The van der Waals surface area contributed by atoms with Gasteiger partial charge in [-0.3, -0.25) is 19.3 Å². The molecule has 6 nitrogen and oxygen atoms in total. The Balaban J connectivity index is 1.74. The van der Waals surface area contributed by atoms with Crippen molar-refractivity contribution < 1.29 is 14.4 Å². The van der Waals surface area contributed by atoms with E-state index in [2.05, 4.69) is 4.98 Å². The summed E-state index contributed by atoms with van der Waals surface area (Å²) in [5.74, 6) is -0.890. The summed E-state index contributed by atoms with van der Waals surface area (Å²) in [6.07, 6.45) is 1.67. The molecular weight excluding hydrogens is 294 g/mol. The zero-order chi connectivity index (χ0) is 16.4. The van der Waals surface area contributed by atoms with Crippen molar-refractivity contribution in [3.05, 3.63) is 59.9 Å². The molecule has 2 heterocycles. The van der Waals surface area contributed by atoms with Crippen molar-refractivity contribution in [2.75, 3.05) is 7.05 Å². The van der Waals surface area contributed by atoms with Crippen LogP contribution in [0.5, 0.6) is 0 Å². The van der Waals surface area contributed by atoms with Gasteiger partial charge in [0.2, 0.25) is 5.91 Å². The van der Waals surface area contributed by atoms with Crippen LogP contribution in [0.15, 0.2) is 48.7 Å². The highest BCUT2D eigenvalue weighted by atomic mass is 16.2. The maximum Gasteiger partial charge on any atom is 0.270 e. The molecule has 0 saturated carbocycles. The molecule has 1 atom stereocenters. The van der Waals surface area contributed by atoms with Gasteiger partial charge in [-0.05, 0) is 17.7 Å². The molecule has 23 heavy (non-hydrogen) atoms. The van der Waals surface area contributed by atoms with Crippen LogP contribution in [-0.2, 0) is 16.1 Å². The van der Waals surface area contributed by atoms with Crippen molar-refractivity contribution in [3.63, 3.8) is 0 Å². The molecule has 1 aliphatic rings. The first-order valence-electron chi connectivity index (χ1n) is 7.36. The summed E-state index contributed by atoms with van der Waals surface area (Å²) in [5.41, 5.74) is 1.28. The predicted molar refractivity (Wildman–Crippen MR) is 83.3 cm³/mol. The molecule has 1 N–H and O–H groups in total. The third kappa shape index (κ3) is 2.88. The molecule has 2 aromatic rings. The number of nitrogens with one attached hydrogen (secondary N) is 1. The minimum absolute atomic E-state index is 0.0224. The summed E-state index contributed by atoms with van der Waals surface area (Å²) in [6.45, 7) is 0.236. The lowest BCUT2D eigenvalue weighted by Crippen LogP contribution is -2.43. The molecule has 1 aromatic carbocycles. The number of likely N-dealkylation sites (tertiary alicyclic amines) is 1. The topological polar surface area (TPSA) is 73.5 Å². The van der Waals surface area contributed by atoms with E-state index in [1.807, 2.05) is 30.3 Å². The van der Waals surface area contributed by atoms with E-state index in [1.54, 1.807) is 25.4 Å². The average molecular weight is 311 g/mol. The number of nitrogens with zero attached hydrogens (tertiary/aromatic N) is 2. The second-order valence-corrected chi connectivity index (χ2v) is 5.52. The fourth-order valence-corrected chi connectivity index (χ4v) is 2.70. The maximum absolute atomic E-state index is 12.5. The number of likely N-dealkylation sites (N-methyl/N-ethyl adjacent to an activating group) is 1. The van der Waals surface area contributed by atoms with E-state index < -0.39 is 6.04 Å². The molecule has 0 aliphatic carbocycles. The molecule has 3 rings (SSSR count). The van der Waals surface area contributed by atoms with E-state index in [-0.39, 0.29) is 30.7 Å². The fourth-order valence-electron chi connectivity index (χ4n) is 2.70. The highest BCUT2D eigenvalue weighted by molar-refractivity contribution is 6.07. The second kappa shape index (κ2) is 6.08. The lowest BCUT2D eigenvalue weighted by atomic mass is 10.2. The van der Waals surface area contributed by atoms with Crippen LogP contribution >= 0.6 is 0 Å². The summed E-state index contributed by atoms with van der Waals surface area (Å²) in [7, 11) is 1.55. The molecule has 1 fully saturated rings. The van der Waals surface area contributed by atoms with E-state index >= 15 is 0 Å². The van der Waals surface area contributed by atoms with Crippen molar-refractivity contribution in [2.45, 2.75) is 19.0 Å². The van der Waals surface area contributed by atoms with E-state index in [0.717, 1.165) is 5.56 Å². The Bertz CT molecular complexity index is 725. The van der Waals surface area contributed by atoms with Crippen LogP contribution in [0.1, 0.15) is 22.5 Å². The van der Waals surface area contributed by atoms with Crippen LogP contribution in [-0.4, -0.2) is 45.6 Å². The molecule has 1 aliphatic heterocycles. The minimum Gasteiger partial charge on any atom is -0.357 e. The molecule has 0 radical (unpaired) electrons. The Morgan fingerprint density at radius 2 is 1.96 bits per heavy atom. The quantitative estimate of drug-likeness (QED) is 0.868. The number of carbonyl (C=O) groups is 3. The highest BCUT2D eigenvalue weighted by Gasteiger charge is 2.42. The Morgan fingerprint density at radius 3 is 2.61 bits per heavy atom. The van der Waals surface area contributed by atoms with Crippen molar-refractivity contribution >= 4 is 17.7 Å². The number of aromatic nitrogens is 1. The number of hydrogen-bond acceptors (Lipinski definition) is 3. The second-order valence-electron chi connectivity index (χ2n) is 5.52. The van der Waals surface area contributed by atoms with Crippen LogP contribution in [0.2, 0.25) is 0 Å². The summed E-state index contributed by atoms with van der Waals surface area (Å²) in [4.78, 5) is 42.4. The van der Waals surface area contributed by atoms with Crippen LogP contribution < -0.4 is 0 Å². The number of imide groups is 1. The Labute approximate surface area is 133 Å². The van der Waals surface area contributed by atoms with E-state index in [9.17, 15) is 14.4 Å². The van der Waals surface area contributed by atoms with Crippen molar-refractivity contribution in [1.29, 1.82) is 0 Å². The van der Waals surface area contributed by atoms with Gasteiger partial charge in [-0.1, -0.05) is 30.3 Å². The molecular formula is C17H17N3O3. The van der Waals surface area contributed by atoms with E-state index in [4.69, 9.17) is 0 Å². The molecule has 0 spiro atoms. The van der Waals surface area contributed by atoms with Gasteiger partial charge in [0.1, 0.15) is 11.7 Å². The molecule has 6 heteroatoms. The Morgan fingerprint density at radius 1 is 1.22 bits per heavy atom. The van der Waals surface area contributed by atoms with E-state index in [0.29, 0.717) is 5.69 Å². The zero-order valence-corrected chi connectivity index (χ0v) is 12.7. The van der Waals surface area contributed by atoms with Crippen LogP contribution in [0.25, 0.3) is 0 Å². The largest absolute Gasteiger partial charge is 0.357 e. The summed E-state index contributed by atoms with van der Waals surface area (Å²) < 4.78 is 0. The van der Waals surface area contributed by atoms with Gasteiger partial charge in [-0.25, -0.2) is 0 Å². The average Bonchev–Trinajstić information content (AvgIpc) is 3.19. The van der Waals surface area contributed by atoms with Crippen LogP contribution in [0, 0.1) is 0 Å². The van der Waals surface area contributed by atoms with Crippen molar-refractivity contribution in [3.8, 4) is 0 Å². The summed E-state index contributed by atoms with van der Waals surface area (Å²) in [6, 6.07) is 11.9. The van der Waals surface area contributed by atoms with Crippen LogP contribution in [0.3, 0.4) is 0 Å². The third-order valence-electron chi connectivity index (χ3n) is 4.02.